The van der Waals surface area contributed by atoms with Crippen molar-refractivity contribution < 1.29 is 18.4 Å². The summed E-state index contributed by atoms with van der Waals surface area (Å²) in [5.41, 5.74) is 0.898. The predicted molar refractivity (Wildman–Crippen MR) is 102 cm³/mol. The van der Waals surface area contributed by atoms with Crippen LogP contribution in [0.1, 0.15) is 11.1 Å². The number of hydrogen-bond donors (Lipinski definition) is 1. The minimum absolute atomic E-state index is 0.0317. The molecule has 0 aliphatic rings. The Balaban J connectivity index is 2.05. The first-order valence-corrected chi connectivity index (χ1v) is 9.45. The van der Waals surface area contributed by atoms with E-state index in [4.69, 9.17) is 4.74 Å². The van der Waals surface area contributed by atoms with Gasteiger partial charge in [-0.2, -0.15) is 8.42 Å². The Hall–Kier alpha value is -3.45. The lowest BCUT2D eigenvalue weighted by molar-refractivity contribution is 0.304. The minimum Gasteiger partial charge on any atom is -0.416 e. The van der Waals surface area contributed by atoms with Crippen LogP contribution in [-0.4, -0.2) is 25.4 Å². The fourth-order valence-corrected chi connectivity index (χ4v) is 3.24. The third-order valence-electron chi connectivity index (χ3n) is 3.57. The van der Waals surface area contributed by atoms with E-state index in [1.165, 1.54) is 12.1 Å². The molecule has 6 nitrogen and oxygen atoms in total. The van der Waals surface area contributed by atoms with E-state index >= 15 is 0 Å². The lowest BCUT2D eigenvalue weighted by Gasteiger charge is -2.10. The van der Waals surface area contributed by atoms with Crippen molar-refractivity contribution in [3.05, 3.63) is 102 Å². The molecule has 3 aromatic carbocycles. The van der Waals surface area contributed by atoms with E-state index in [-0.39, 0.29) is 16.7 Å². The van der Waals surface area contributed by atoms with Crippen molar-refractivity contribution >= 4 is 21.8 Å². The standard InChI is InChI=1S/C20H16N2O4S/c23-21-19(16-10-4-1-5-11-16)26-20(17-12-6-2-7-13-17)22-27(24,25)18-14-8-3-9-15-18/h1-15,23H. The highest BCUT2D eigenvalue weighted by atomic mass is 32.2. The van der Waals surface area contributed by atoms with E-state index in [2.05, 4.69) is 9.55 Å². The zero-order chi connectivity index (χ0) is 19.1. The minimum atomic E-state index is -4.02. The normalized spacial score (nSPS) is 12.6. The molecule has 0 aromatic heterocycles. The molecule has 0 fully saturated rings. The second-order valence-corrected chi connectivity index (χ2v) is 7.03. The summed E-state index contributed by atoms with van der Waals surface area (Å²) in [5.74, 6) is -0.363. The Morgan fingerprint density at radius 3 is 1.63 bits per heavy atom. The molecule has 0 saturated heterocycles. The zero-order valence-electron chi connectivity index (χ0n) is 14.1. The molecule has 0 amide bonds. The van der Waals surface area contributed by atoms with E-state index in [1.807, 2.05) is 0 Å². The first-order valence-electron chi connectivity index (χ1n) is 8.01. The molecule has 0 saturated carbocycles. The third-order valence-corrected chi connectivity index (χ3v) is 4.84. The van der Waals surface area contributed by atoms with E-state index in [0.717, 1.165) is 0 Å². The fraction of sp³-hybridized carbons (Fsp3) is 0. The first-order chi connectivity index (χ1) is 13.1. The monoisotopic (exact) mass is 380 g/mol. The molecule has 3 rings (SSSR count). The van der Waals surface area contributed by atoms with E-state index in [1.54, 1.807) is 78.9 Å². The van der Waals surface area contributed by atoms with Gasteiger partial charge in [0.05, 0.1) is 4.90 Å². The highest BCUT2D eigenvalue weighted by Crippen LogP contribution is 2.15. The molecule has 0 aliphatic heterocycles. The fourth-order valence-electron chi connectivity index (χ4n) is 2.27. The molecule has 0 radical (unpaired) electrons. The van der Waals surface area contributed by atoms with Crippen molar-refractivity contribution in [3.63, 3.8) is 0 Å². The summed E-state index contributed by atoms with van der Waals surface area (Å²) in [6, 6.07) is 25.0. The summed E-state index contributed by atoms with van der Waals surface area (Å²) >= 11 is 0. The Bertz CT molecular complexity index is 1050. The zero-order valence-corrected chi connectivity index (χ0v) is 15.0. The molecule has 0 spiro atoms. The van der Waals surface area contributed by atoms with Gasteiger partial charge in [0.25, 0.3) is 15.9 Å². The van der Waals surface area contributed by atoms with Crippen LogP contribution in [0, 0.1) is 0 Å². The van der Waals surface area contributed by atoms with Gasteiger partial charge in [0, 0.05) is 11.1 Å². The lowest BCUT2D eigenvalue weighted by Crippen LogP contribution is -2.17. The van der Waals surface area contributed by atoms with Crippen molar-refractivity contribution in [1.29, 1.82) is 0 Å². The molecule has 7 heteroatoms. The summed E-state index contributed by atoms with van der Waals surface area (Å²) in [5, 5.41) is 12.5. The van der Waals surface area contributed by atoms with Gasteiger partial charge in [-0.25, -0.2) is 0 Å². The summed E-state index contributed by atoms with van der Waals surface area (Å²) < 4.78 is 34.7. The number of ether oxygens (including phenoxy) is 1. The van der Waals surface area contributed by atoms with Crippen LogP contribution in [0.15, 0.2) is 105 Å². The van der Waals surface area contributed by atoms with Gasteiger partial charge in [-0.3, -0.25) is 0 Å². The van der Waals surface area contributed by atoms with Crippen LogP contribution in [-0.2, 0) is 14.8 Å². The van der Waals surface area contributed by atoms with Gasteiger partial charge in [-0.05, 0) is 41.6 Å². The average molecular weight is 380 g/mol. The van der Waals surface area contributed by atoms with Gasteiger partial charge in [0.15, 0.2) is 0 Å². The molecule has 3 aromatic rings. The lowest BCUT2D eigenvalue weighted by atomic mass is 10.2. The molecular weight excluding hydrogens is 364 g/mol. The number of sulfonamides is 1. The van der Waals surface area contributed by atoms with Crippen LogP contribution < -0.4 is 0 Å². The van der Waals surface area contributed by atoms with Gasteiger partial charge < -0.3 is 9.94 Å². The predicted octanol–water partition coefficient (Wildman–Crippen LogP) is 3.67. The van der Waals surface area contributed by atoms with Crippen LogP contribution in [0.4, 0.5) is 0 Å². The number of oxime groups is 1. The van der Waals surface area contributed by atoms with E-state index < -0.39 is 10.0 Å². The molecule has 136 valence electrons. The SMILES string of the molecule is O=S(=O)(N=C(OC(=NO)c1ccccc1)c1ccccc1)c1ccccc1. The summed E-state index contributed by atoms with van der Waals surface area (Å²) in [4.78, 5) is 0.0317. The highest BCUT2D eigenvalue weighted by molar-refractivity contribution is 7.90. The molecule has 0 aliphatic carbocycles. The van der Waals surface area contributed by atoms with Gasteiger partial charge in [0.2, 0.25) is 5.90 Å². The van der Waals surface area contributed by atoms with Gasteiger partial charge in [-0.1, -0.05) is 54.6 Å². The van der Waals surface area contributed by atoms with Crippen LogP contribution in [0.3, 0.4) is 0 Å². The van der Waals surface area contributed by atoms with Gasteiger partial charge in [-0.15, -0.1) is 4.40 Å². The van der Waals surface area contributed by atoms with E-state index in [9.17, 15) is 13.6 Å². The van der Waals surface area contributed by atoms with Gasteiger partial charge >= 0.3 is 0 Å². The van der Waals surface area contributed by atoms with Crippen LogP contribution in [0.25, 0.3) is 0 Å². The molecule has 0 bridgehead atoms. The Kier molecular flexibility index (Phi) is 5.63. The molecule has 0 heterocycles. The average Bonchev–Trinajstić information content (AvgIpc) is 2.73. The Labute approximate surface area is 157 Å². The number of rotatable bonds is 4. The van der Waals surface area contributed by atoms with Crippen LogP contribution in [0.2, 0.25) is 0 Å². The number of hydrogen-bond acceptors (Lipinski definition) is 5. The Morgan fingerprint density at radius 2 is 1.15 bits per heavy atom. The number of benzene rings is 3. The van der Waals surface area contributed by atoms with Crippen LogP contribution in [0.5, 0.6) is 0 Å². The summed E-state index contributed by atoms with van der Waals surface area (Å²) in [6.07, 6.45) is 0. The highest BCUT2D eigenvalue weighted by Gasteiger charge is 2.19. The maximum atomic E-state index is 12.7. The quantitative estimate of drug-likeness (QED) is 0.324. The molecular formula is C20H16N2O4S. The summed E-state index contributed by atoms with van der Waals surface area (Å²) in [6.45, 7) is 0. The van der Waals surface area contributed by atoms with Crippen molar-refractivity contribution in [3.8, 4) is 0 Å². The second kappa shape index (κ2) is 8.29. The molecule has 27 heavy (non-hydrogen) atoms. The third kappa shape index (κ3) is 4.59. The summed E-state index contributed by atoms with van der Waals surface area (Å²) in [7, 11) is -4.02. The molecule has 1 N–H and O–H groups in total. The smallest absolute Gasteiger partial charge is 0.285 e. The number of nitrogens with zero attached hydrogens (tertiary/aromatic N) is 2. The second-order valence-electron chi connectivity index (χ2n) is 5.42. The maximum absolute atomic E-state index is 12.7. The molecule has 0 unspecified atom stereocenters. The first kappa shape index (κ1) is 18.3. The topological polar surface area (TPSA) is 88.3 Å². The van der Waals surface area contributed by atoms with Crippen molar-refractivity contribution in [2.24, 2.45) is 9.55 Å². The van der Waals surface area contributed by atoms with Crippen LogP contribution >= 0.6 is 0 Å². The van der Waals surface area contributed by atoms with Crippen molar-refractivity contribution in [2.45, 2.75) is 4.90 Å². The largest absolute Gasteiger partial charge is 0.416 e. The van der Waals surface area contributed by atoms with Crippen molar-refractivity contribution in [1.82, 2.24) is 0 Å². The maximum Gasteiger partial charge on any atom is 0.285 e. The Morgan fingerprint density at radius 1 is 0.704 bits per heavy atom. The van der Waals surface area contributed by atoms with E-state index in [0.29, 0.717) is 11.1 Å². The van der Waals surface area contributed by atoms with Gasteiger partial charge in [0.1, 0.15) is 0 Å². The van der Waals surface area contributed by atoms with Crippen molar-refractivity contribution in [2.75, 3.05) is 0 Å². The molecule has 0 atom stereocenters.